The summed E-state index contributed by atoms with van der Waals surface area (Å²) in [6.07, 6.45) is 14.1. The first-order valence-corrected chi connectivity index (χ1v) is 18.0. The van der Waals surface area contributed by atoms with Gasteiger partial charge in [-0.05, 0) is 104 Å². The molecule has 3 rings (SSSR count). The molecule has 0 unspecified atom stereocenters. The lowest BCUT2D eigenvalue weighted by molar-refractivity contribution is -0.139. The number of carbonyl (C=O) groups is 3. The number of benzene rings is 2. The van der Waals surface area contributed by atoms with Crippen molar-refractivity contribution < 1.29 is 24.2 Å². The van der Waals surface area contributed by atoms with Crippen molar-refractivity contribution in [1.29, 1.82) is 0 Å². The van der Waals surface area contributed by atoms with Crippen molar-refractivity contribution in [3.63, 3.8) is 0 Å². The van der Waals surface area contributed by atoms with Gasteiger partial charge >= 0.3 is 12.1 Å². The fraction of sp³-hybridized carbons (Fsp3) is 0.541. The number of carbonyl (C=O) groups excluding carboxylic acids is 2. The number of ether oxygens (including phenoxy) is 1. The second-order valence-electron chi connectivity index (χ2n) is 12.2. The first kappa shape index (κ1) is 36.2. The van der Waals surface area contributed by atoms with Gasteiger partial charge < -0.3 is 20.1 Å². The fourth-order valence-corrected chi connectivity index (χ4v) is 6.38. The van der Waals surface area contributed by atoms with E-state index >= 15 is 0 Å². The molecule has 2 aromatic carbocycles. The molecule has 1 atom stereocenters. The quantitative estimate of drug-likeness (QED) is 0.169. The number of nitrogens with one attached hydrogen (secondary N) is 1. The minimum atomic E-state index is -1.04. The molecular formula is C37H52N2O5S. The molecule has 8 heteroatoms. The lowest BCUT2D eigenvalue weighted by Crippen LogP contribution is -2.41. The van der Waals surface area contributed by atoms with Crippen LogP contribution in [0.5, 0.6) is 0 Å². The number of nitrogens with zero attached hydrogens (tertiary/aromatic N) is 1. The molecular weight excluding hydrogens is 584 g/mol. The minimum Gasteiger partial charge on any atom is -0.480 e. The number of thioether (sulfide) groups is 1. The lowest BCUT2D eigenvalue weighted by Gasteiger charge is -2.29. The van der Waals surface area contributed by atoms with Crippen LogP contribution >= 0.6 is 11.8 Å². The molecule has 2 amide bonds. The van der Waals surface area contributed by atoms with E-state index in [1.54, 1.807) is 24.1 Å². The number of unbranched alkanes of at least 4 members (excludes halogenated alkanes) is 1. The third-order valence-corrected chi connectivity index (χ3v) is 9.39. The Labute approximate surface area is 274 Å². The first-order valence-electron chi connectivity index (χ1n) is 16.6. The van der Waals surface area contributed by atoms with Crippen molar-refractivity contribution in [2.75, 3.05) is 25.1 Å². The standard InChI is InChI=1S/C37H52N2O5S/c1-5-7-14-28(6-2)26-44-37(43)39(25-30-15-9-8-10-16-30)22-20-29-18-19-32(33(24-29)31-17-12-11-13-27(31)3)35(40)38-34(36(41)42)21-23-45-4/h11-13,17-19,24,26,30,34H,5-10,14-16,20-23,25H2,1-4H3,(H,38,40)(H,41,42)/b28-26+/t34-/m0/s1. The molecule has 1 aliphatic carbocycles. The van der Waals surface area contributed by atoms with Crippen molar-refractivity contribution in [3.8, 4) is 11.1 Å². The normalized spacial score (nSPS) is 14.5. The number of aryl methyl sites for hydroxylation is 1. The third-order valence-electron chi connectivity index (χ3n) is 8.74. The lowest BCUT2D eigenvalue weighted by atomic mass is 9.89. The summed E-state index contributed by atoms with van der Waals surface area (Å²) in [6.45, 7) is 7.45. The molecule has 1 aliphatic rings. The summed E-state index contributed by atoms with van der Waals surface area (Å²) in [4.78, 5) is 40.6. The summed E-state index contributed by atoms with van der Waals surface area (Å²) in [5.41, 5.74) is 5.28. The maximum absolute atomic E-state index is 13.5. The van der Waals surface area contributed by atoms with Gasteiger partial charge in [-0.25, -0.2) is 9.59 Å². The Balaban J connectivity index is 1.86. The van der Waals surface area contributed by atoms with Crippen LogP contribution in [0.1, 0.15) is 99.5 Å². The van der Waals surface area contributed by atoms with Crippen LogP contribution in [0.4, 0.5) is 4.79 Å². The van der Waals surface area contributed by atoms with E-state index in [0.29, 0.717) is 43.2 Å². The zero-order valence-corrected chi connectivity index (χ0v) is 28.4. The fourth-order valence-electron chi connectivity index (χ4n) is 5.91. The van der Waals surface area contributed by atoms with Crippen molar-refractivity contribution >= 4 is 29.7 Å². The van der Waals surface area contributed by atoms with E-state index in [1.807, 2.05) is 54.5 Å². The average molecular weight is 637 g/mol. The maximum atomic E-state index is 13.5. The first-order chi connectivity index (χ1) is 21.8. The highest BCUT2D eigenvalue weighted by Crippen LogP contribution is 2.29. The summed E-state index contributed by atoms with van der Waals surface area (Å²) in [7, 11) is 0. The summed E-state index contributed by atoms with van der Waals surface area (Å²) >= 11 is 1.55. The molecule has 0 aromatic heterocycles. The van der Waals surface area contributed by atoms with Crippen molar-refractivity contribution in [1.82, 2.24) is 10.2 Å². The van der Waals surface area contributed by atoms with Crippen molar-refractivity contribution in [3.05, 3.63) is 71.0 Å². The molecule has 0 saturated heterocycles. The summed E-state index contributed by atoms with van der Waals surface area (Å²) < 4.78 is 5.75. The van der Waals surface area contributed by atoms with Crippen LogP contribution in [0.2, 0.25) is 0 Å². The van der Waals surface area contributed by atoms with E-state index in [0.717, 1.165) is 66.4 Å². The molecule has 0 spiro atoms. The number of amides is 2. The van der Waals surface area contributed by atoms with Gasteiger partial charge in [0.15, 0.2) is 0 Å². The van der Waals surface area contributed by atoms with Gasteiger partial charge in [0.25, 0.3) is 5.91 Å². The van der Waals surface area contributed by atoms with Gasteiger partial charge in [-0.3, -0.25) is 4.79 Å². The molecule has 1 fully saturated rings. The SMILES string of the molecule is CCCC/C(=C/OC(=O)N(CCc1ccc(C(=O)N[C@@H](CCSC)C(=O)O)c(-c2ccccc2C)c1)CC1CCCCC1)CC. The number of aliphatic carboxylic acids is 1. The van der Waals surface area contributed by atoms with E-state index in [-0.39, 0.29) is 6.09 Å². The average Bonchev–Trinajstić information content (AvgIpc) is 3.05. The highest BCUT2D eigenvalue weighted by molar-refractivity contribution is 7.98. The predicted molar refractivity (Wildman–Crippen MR) is 185 cm³/mol. The van der Waals surface area contributed by atoms with Crippen LogP contribution in [-0.2, 0) is 16.0 Å². The number of allylic oxidation sites excluding steroid dienone is 1. The summed E-state index contributed by atoms with van der Waals surface area (Å²) in [5.74, 6) is -0.336. The number of rotatable bonds is 17. The third kappa shape index (κ3) is 11.6. The summed E-state index contributed by atoms with van der Waals surface area (Å²) in [5, 5.41) is 12.4. The van der Waals surface area contributed by atoms with Gasteiger partial charge in [0, 0.05) is 18.7 Å². The number of hydrogen-bond acceptors (Lipinski definition) is 5. The van der Waals surface area contributed by atoms with Crippen molar-refractivity contribution in [2.24, 2.45) is 5.92 Å². The van der Waals surface area contributed by atoms with E-state index in [4.69, 9.17) is 4.74 Å². The van der Waals surface area contributed by atoms with Gasteiger partial charge in [-0.1, -0.05) is 75.9 Å². The monoisotopic (exact) mass is 636 g/mol. The Bertz CT molecular complexity index is 1290. The molecule has 2 N–H and O–H groups in total. The zero-order chi connectivity index (χ0) is 32.6. The van der Waals surface area contributed by atoms with Crippen LogP contribution < -0.4 is 5.32 Å². The van der Waals surface area contributed by atoms with Gasteiger partial charge in [-0.2, -0.15) is 11.8 Å². The number of carboxylic acids is 1. The predicted octanol–water partition coefficient (Wildman–Crippen LogP) is 8.64. The van der Waals surface area contributed by atoms with E-state index in [2.05, 4.69) is 19.2 Å². The Morgan fingerprint density at radius 3 is 2.51 bits per heavy atom. The molecule has 0 bridgehead atoms. The molecule has 2 aromatic rings. The molecule has 7 nitrogen and oxygen atoms in total. The molecule has 0 aliphatic heterocycles. The second kappa shape index (κ2) is 19.3. The summed E-state index contributed by atoms with van der Waals surface area (Å²) in [6, 6.07) is 12.6. The zero-order valence-electron chi connectivity index (χ0n) is 27.6. The molecule has 0 heterocycles. The van der Waals surface area contributed by atoms with Crippen LogP contribution in [-0.4, -0.2) is 59.1 Å². The number of carboxylic acid groups (broad SMARTS) is 1. The van der Waals surface area contributed by atoms with Crippen molar-refractivity contribution in [2.45, 2.75) is 97.4 Å². The van der Waals surface area contributed by atoms with Gasteiger partial charge in [0.2, 0.25) is 0 Å². The van der Waals surface area contributed by atoms with Crippen LogP contribution in [0.3, 0.4) is 0 Å². The van der Waals surface area contributed by atoms with E-state index in [9.17, 15) is 19.5 Å². The second-order valence-corrected chi connectivity index (χ2v) is 13.1. The Morgan fingerprint density at radius 2 is 1.84 bits per heavy atom. The molecule has 0 radical (unpaired) electrons. The Hall–Kier alpha value is -3.26. The van der Waals surface area contributed by atoms with Crippen LogP contribution in [0.25, 0.3) is 11.1 Å². The van der Waals surface area contributed by atoms with Gasteiger partial charge in [0.1, 0.15) is 6.04 Å². The Kier molecular flexibility index (Phi) is 15.5. The van der Waals surface area contributed by atoms with Crippen LogP contribution in [0.15, 0.2) is 54.3 Å². The van der Waals surface area contributed by atoms with E-state index < -0.39 is 17.9 Å². The minimum absolute atomic E-state index is 0.303. The molecule has 1 saturated carbocycles. The van der Waals surface area contributed by atoms with Gasteiger partial charge in [0.05, 0.1) is 6.26 Å². The van der Waals surface area contributed by atoms with E-state index in [1.165, 1.54) is 19.3 Å². The highest BCUT2D eigenvalue weighted by Gasteiger charge is 2.24. The van der Waals surface area contributed by atoms with Crippen LogP contribution in [0, 0.1) is 12.8 Å². The number of hydrogen-bond donors (Lipinski definition) is 2. The Morgan fingerprint density at radius 1 is 1.09 bits per heavy atom. The van der Waals surface area contributed by atoms with Gasteiger partial charge in [-0.15, -0.1) is 0 Å². The highest BCUT2D eigenvalue weighted by atomic mass is 32.2. The topological polar surface area (TPSA) is 95.9 Å². The smallest absolute Gasteiger partial charge is 0.414 e. The largest absolute Gasteiger partial charge is 0.480 e. The molecule has 246 valence electrons. The molecule has 45 heavy (non-hydrogen) atoms. The maximum Gasteiger partial charge on any atom is 0.414 e.